The van der Waals surface area contributed by atoms with E-state index in [1.807, 2.05) is 6.07 Å². The van der Waals surface area contributed by atoms with Crippen molar-refractivity contribution in [1.29, 1.82) is 0 Å². The first-order chi connectivity index (χ1) is 7.19. The van der Waals surface area contributed by atoms with Crippen LogP contribution in [0.5, 0.6) is 0 Å². The lowest BCUT2D eigenvalue weighted by Crippen LogP contribution is -2.47. The zero-order chi connectivity index (χ0) is 10.8. The van der Waals surface area contributed by atoms with Crippen LogP contribution >= 0.6 is 11.6 Å². The molecule has 1 fully saturated rings. The molecule has 1 N–H and O–H groups in total. The Hall–Kier alpha value is -0.640. The van der Waals surface area contributed by atoms with Crippen LogP contribution < -0.4 is 0 Å². The summed E-state index contributed by atoms with van der Waals surface area (Å²) >= 11 is 5.59. The predicted molar refractivity (Wildman–Crippen MR) is 57.3 cm³/mol. The third-order valence-corrected chi connectivity index (χ3v) is 2.99. The molecule has 2 rings (SSSR count). The number of aliphatic hydroxyl groups excluding tert-OH is 1. The highest BCUT2D eigenvalue weighted by molar-refractivity contribution is 6.30. The van der Waals surface area contributed by atoms with Crippen LogP contribution in [0.15, 0.2) is 18.2 Å². The van der Waals surface area contributed by atoms with Gasteiger partial charge in [0.2, 0.25) is 0 Å². The average Bonchev–Trinajstić information content (AvgIpc) is 2.16. The molecule has 0 atom stereocenters. The van der Waals surface area contributed by atoms with Gasteiger partial charge >= 0.3 is 0 Å². The number of hydrogen-bond acceptors (Lipinski definition) is 2. The maximum absolute atomic E-state index is 13.1. The van der Waals surface area contributed by atoms with Gasteiger partial charge in [0, 0.05) is 32.2 Å². The van der Waals surface area contributed by atoms with Gasteiger partial charge in [-0.1, -0.05) is 17.7 Å². The standard InChI is InChI=1S/C11H13ClFNO/c12-10-2-1-8(3-11(10)13)4-14-5-9(6-14)7-15/h1-3,9,15H,4-7H2. The predicted octanol–water partition coefficient (Wildman–Crippen LogP) is 1.90. The Morgan fingerprint density at radius 1 is 1.47 bits per heavy atom. The SMILES string of the molecule is OCC1CN(Cc2ccc(Cl)c(F)c2)C1. The summed E-state index contributed by atoms with van der Waals surface area (Å²) in [5.74, 6) is 0.0237. The lowest BCUT2D eigenvalue weighted by molar-refractivity contribution is 0.0478. The van der Waals surface area contributed by atoms with E-state index >= 15 is 0 Å². The second-order valence-corrected chi connectivity index (χ2v) is 4.40. The molecule has 1 aromatic carbocycles. The third-order valence-electron chi connectivity index (χ3n) is 2.68. The van der Waals surface area contributed by atoms with E-state index in [1.54, 1.807) is 6.07 Å². The number of benzene rings is 1. The molecule has 1 aromatic rings. The van der Waals surface area contributed by atoms with Crippen molar-refractivity contribution in [2.45, 2.75) is 6.54 Å². The van der Waals surface area contributed by atoms with Gasteiger partial charge in [-0.15, -0.1) is 0 Å². The smallest absolute Gasteiger partial charge is 0.142 e. The number of rotatable bonds is 3. The van der Waals surface area contributed by atoms with Gasteiger partial charge in [-0.2, -0.15) is 0 Å². The first-order valence-corrected chi connectivity index (χ1v) is 5.34. The van der Waals surface area contributed by atoms with Crippen molar-refractivity contribution in [3.05, 3.63) is 34.6 Å². The van der Waals surface area contributed by atoms with Gasteiger partial charge in [0.15, 0.2) is 0 Å². The first kappa shape index (κ1) is 10.9. The monoisotopic (exact) mass is 229 g/mol. The van der Waals surface area contributed by atoms with Crippen molar-refractivity contribution in [1.82, 2.24) is 4.90 Å². The Bertz CT molecular complexity index is 352. The van der Waals surface area contributed by atoms with Crippen LogP contribution in [0.2, 0.25) is 5.02 Å². The van der Waals surface area contributed by atoms with Crippen molar-refractivity contribution in [2.24, 2.45) is 5.92 Å². The normalized spacial score (nSPS) is 17.8. The zero-order valence-corrected chi connectivity index (χ0v) is 9.04. The number of hydrogen-bond donors (Lipinski definition) is 1. The molecule has 2 nitrogen and oxygen atoms in total. The fourth-order valence-corrected chi connectivity index (χ4v) is 1.94. The molecule has 1 aliphatic heterocycles. The molecule has 82 valence electrons. The molecule has 1 aliphatic rings. The topological polar surface area (TPSA) is 23.5 Å². The van der Waals surface area contributed by atoms with Crippen LogP contribution in [0.25, 0.3) is 0 Å². The molecule has 0 spiro atoms. The summed E-state index contributed by atoms with van der Waals surface area (Å²) in [6.07, 6.45) is 0. The molecule has 0 bridgehead atoms. The zero-order valence-electron chi connectivity index (χ0n) is 8.29. The Balaban J connectivity index is 1.92. The van der Waals surface area contributed by atoms with Gasteiger partial charge in [0.25, 0.3) is 0 Å². The van der Waals surface area contributed by atoms with E-state index in [4.69, 9.17) is 16.7 Å². The van der Waals surface area contributed by atoms with E-state index in [-0.39, 0.29) is 17.4 Å². The van der Waals surface area contributed by atoms with Gasteiger partial charge in [-0.3, -0.25) is 4.90 Å². The maximum atomic E-state index is 13.1. The summed E-state index contributed by atoms with van der Waals surface area (Å²) in [5, 5.41) is 9.01. The highest BCUT2D eigenvalue weighted by atomic mass is 35.5. The molecule has 0 radical (unpaired) electrons. The molecular weight excluding hydrogens is 217 g/mol. The lowest BCUT2D eigenvalue weighted by Gasteiger charge is -2.38. The largest absolute Gasteiger partial charge is 0.396 e. The van der Waals surface area contributed by atoms with Gasteiger partial charge in [0.05, 0.1) is 5.02 Å². The second-order valence-electron chi connectivity index (χ2n) is 3.99. The Labute approximate surface area is 93.3 Å². The van der Waals surface area contributed by atoms with Crippen LogP contribution in [0, 0.1) is 11.7 Å². The number of nitrogens with zero attached hydrogens (tertiary/aromatic N) is 1. The van der Waals surface area contributed by atoms with Gasteiger partial charge in [-0.25, -0.2) is 4.39 Å². The van der Waals surface area contributed by atoms with Crippen molar-refractivity contribution >= 4 is 11.6 Å². The Morgan fingerprint density at radius 2 is 2.20 bits per heavy atom. The second kappa shape index (κ2) is 4.47. The van der Waals surface area contributed by atoms with E-state index in [0.717, 1.165) is 25.2 Å². The molecular formula is C11H13ClFNO. The maximum Gasteiger partial charge on any atom is 0.142 e. The fourth-order valence-electron chi connectivity index (χ4n) is 1.82. The van der Waals surface area contributed by atoms with E-state index < -0.39 is 0 Å². The minimum absolute atomic E-state index is 0.163. The molecule has 0 aliphatic carbocycles. The van der Waals surface area contributed by atoms with Crippen molar-refractivity contribution in [3.8, 4) is 0 Å². The lowest BCUT2D eigenvalue weighted by atomic mass is 10.0. The Morgan fingerprint density at radius 3 is 2.80 bits per heavy atom. The minimum Gasteiger partial charge on any atom is -0.396 e. The van der Waals surface area contributed by atoms with Crippen LogP contribution in [0.3, 0.4) is 0 Å². The van der Waals surface area contributed by atoms with E-state index in [1.165, 1.54) is 6.07 Å². The summed E-state index contributed by atoms with van der Waals surface area (Å²) in [6, 6.07) is 4.88. The summed E-state index contributed by atoms with van der Waals surface area (Å²) < 4.78 is 13.1. The molecule has 0 saturated carbocycles. The summed E-state index contributed by atoms with van der Waals surface area (Å²) in [4.78, 5) is 2.17. The van der Waals surface area contributed by atoms with Gasteiger partial charge < -0.3 is 5.11 Å². The summed E-state index contributed by atoms with van der Waals surface area (Å²) in [5.41, 5.74) is 0.924. The number of halogens is 2. The van der Waals surface area contributed by atoms with Crippen LogP contribution in [0.4, 0.5) is 4.39 Å². The van der Waals surface area contributed by atoms with Crippen LogP contribution in [-0.4, -0.2) is 29.7 Å². The third kappa shape index (κ3) is 2.48. The van der Waals surface area contributed by atoms with Gasteiger partial charge in [0.1, 0.15) is 5.82 Å². The first-order valence-electron chi connectivity index (χ1n) is 4.96. The van der Waals surface area contributed by atoms with Crippen LogP contribution in [0.1, 0.15) is 5.56 Å². The average molecular weight is 230 g/mol. The number of likely N-dealkylation sites (tertiary alicyclic amines) is 1. The van der Waals surface area contributed by atoms with Crippen LogP contribution in [-0.2, 0) is 6.54 Å². The highest BCUT2D eigenvalue weighted by Gasteiger charge is 2.25. The van der Waals surface area contributed by atoms with Crippen molar-refractivity contribution < 1.29 is 9.50 Å². The molecule has 4 heteroatoms. The molecule has 0 amide bonds. The van der Waals surface area contributed by atoms with E-state index in [2.05, 4.69) is 4.90 Å². The minimum atomic E-state index is -0.367. The molecule has 0 aromatic heterocycles. The van der Waals surface area contributed by atoms with E-state index in [9.17, 15) is 4.39 Å². The van der Waals surface area contributed by atoms with Gasteiger partial charge in [-0.05, 0) is 17.7 Å². The highest BCUT2D eigenvalue weighted by Crippen LogP contribution is 2.20. The quantitative estimate of drug-likeness (QED) is 0.856. The summed E-state index contributed by atoms with van der Waals surface area (Å²) in [7, 11) is 0. The summed E-state index contributed by atoms with van der Waals surface area (Å²) in [6.45, 7) is 2.75. The fraction of sp³-hybridized carbons (Fsp3) is 0.455. The van der Waals surface area contributed by atoms with Crippen molar-refractivity contribution in [2.75, 3.05) is 19.7 Å². The van der Waals surface area contributed by atoms with Crippen molar-refractivity contribution in [3.63, 3.8) is 0 Å². The molecule has 1 heterocycles. The Kier molecular flexibility index (Phi) is 3.24. The molecule has 15 heavy (non-hydrogen) atoms. The molecule has 1 saturated heterocycles. The molecule has 0 unspecified atom stereocenters. The number of aliphatic hydroxyl groups is 1. The van der Waals surface area contributed by atoms with E-state index in [0.29, 0.717) is 5.92 Å².